The van der Waals surface area contributed by atoms with Crippen LogP contribution in [0.25, 0.3) is 11.0 Å². The fraction of sp³-hybridized carbons (Fsp3) is 0.333. The largest absolute Gasteiger partial charge is 0.323 e. The van der Waals surface area contributed by atoms with Gasteiger partial charge in [-0.05, 0) is 30.7 Å². The quantitative estimate of drug-likeness (QED) is 0.391. The molecular formula is C21H24FN3OS. The zero-order valence-corrected chi connectivity index (χ0v) is 16.3. The van der Waals surface area contributed by atoms with E-state index in [1.165, 1.54) is 37.1 Å². The van der Waals surface area contributed by atoms with E-state index < -0.39 is 5.82 Å². The SMILES string of the molecule is CCCCCCn1c(SCC(=O)Nc2ccccc2F)nc2ccccc21. The average molecular weight is 386 g/mol. The number of fused-ring (bicyclic) bond motifs is 1. The minimum absolute atomic E-state index is 0.187. The summed E-state index contributed by atoms with van der Waals surface area (Å²) in [5, 5.41) is 3.45. The number of halogens is 1. The molecule has 0 aliphatic carbocycles. The van der Waals surface area contributed by atoms with E-state index >= 15 is 0 Å². The van der Waals surface area contributed by atoms with Gasteiger partial charge in [-0.15, -0.1) is 0 Å². The van der Waals surface area contributed by atoms with Crippen molar-refractivity contribution in [3.05, 3.63) is 54.3 Å². The van der Waals surface area contributed by atoms with Crippen LogP contribution in [0.15, 0.2) is 53.7 Å². The van der Waals surface area contributed by atoms with Gasteiger partial charge in [0.05, 0.1) is 22.5 Å². The number of nitrogens with one attached hydrogen (secondary N) is 1. The van der Waals surface area contributed by atoms with Crippen molar-refractivity contribution in [1.29, 1.82) is 0 Å². The first-order valence-electron chi connectivity index (χ1n) is 9.31. The number of unbranched alkanes of at least 4 members (excludes halogenated alkanes) is 3. The Balaban J connectivity index is 1.68. The predicted molar refractivity (Wildman–Crippen MR) is 110 cm³/mol. The fourth-order valence-electron chi connectivity index (χ4n) is 2.96. The average Bonchev–Trinajstić information content (AvgIpc) is 3.03. The van der Waals surface area contributed by atoms with Gasteiger partial charge in [-0.1, -0.05) is 62.2 Å². The first kappa shape index (κ1) is 19.4. The highest BCUT2D eigenvalue weighted by Crippen LogP contribution is 2.25. The number of nitrogens with zero attached hydrogens (tertiary/aromatic N) is 2. The first-order chi connectivity index (χ1) is 13.2. The minimum atomic E-state index is -0.431. The summed E-state index contributed by atoms with van der Waals surface area (Å²) in [5.74, 6) is -0.485. The van der Waals surface area contributed by atoms with E-state index in [2.05, 4.69) is 27.9 Å². The van der Waals surface area contributed by atoms with Gasteiger partial charge in [-0.2, -0.15) is 0 Å². The van der Waals surface area contributed by atoms with Crippen LogP contribution in [0.5, 0.6) is 0 Å². The van der Waals surface area contributed by atoms with E-state index in [4.69, 9.17) is 0 Å². The lowest BCUT2D eigenvalue weighted by Gasteiger charge is -2.09. The van der Waals surface area contributed by atoms with Gasteiger partial charge in [0, 0.05) is 6.54 Å². The molecule has 3 rings (SSSR count). The van der Waals surface area contributed by atoms with Gasteiger partial charge in [-0.3, -0.25) is 4.79 Å². The maximum Gasteiger partial charge on any atom is 0.234 e. The summed E-state index contributed by atoms with van der Waals surface area (Å²) < 4.78 is 15.9. The van der Waals surface area contributed by atoms with Crippen molar-refractivity contribution in [3.8, 4) is 0 Å². The number of carbonyl (C=O) groups excluding carboxylic acids is 1. The van der Waals surface area contributed by atoms with Crippen molar-refractivity contribution in [2.24, 2.45) is 0 Å². The molecule has 1 heterocycles. The molecule has 0 aliphatic heterocycles. The second-order valence-electron chi connectivity index (χ2n) is 6.41. The number of aromatic nitrogens is 2. The molecular weight excluding hydrogens is 361 g/mol. The molecule has 2 aromatic carbocycles. The van der Waals surface area contributed by atoms with Crippen molar-refractivity contribution in [2.45, 2.75) is 44.3 Å². The normalized spacial score (nSPS) is 11.0. The maximum atomic E-state index is 13.7. The zero-order valence-electron chi connectivity index (χ0n) is 15.5. The molecule has 0 unspecified atom stereocenters. The molecule has 0 bridgehead atoms. The van der Waals surface area contributed by atoms with Crippen LogP contribution in [-0.2, 0) is 11.3 Å². The van der Waals surface area contributed by atoms with Crippen LogP contribution in [-0.4, -0.2) is 21.2 Å². The second-order valence-corrected chi connectivity index (χ2v) is 7.35. The second kappa shape index (κ2) is 9.55. The Bertz CT molecular complexity index is 909. The van der Waals surface area contributed by atoms with Gasteiger partial charge in [0.2, 0.25) is 5.91 Å². The molecule has 1 amide bonds. The Morgan fingerprint density at radius 3 is 2.70 bits per heavy atom. The molecule has 142 valence electrons. The summed E-state index contributed by atoms with van der Waals surface area (Å²) in [7, 11) is 0. The van der Waals surface area contributed by atoms with Crippen LogP contribution in [0.4, 0.5) is 10.1 Å². The smallest absolute Gasteiger partial charge is 0.234 e. The van der Waals surface area contributed by atoms with Gasteiger partial charge < -0.3 is 9.88 Å². The predicted octanol–water partition coefficient (Wildman–Crippen LogP) is 5.49. The van der Waals surface area contributed by atoms with Gasteiger partial charge >= 0.3 is 0 Å². The number of carbonyl (C=O) groups is 1. The molecule has 4 nitrogen and oxygen atoms in total. The summed E-state index contributed by atoms with van der Waals surface area (Å²) in [4.78, 5) is 16.9. The topological polar surface area (TPSA) is 46.9 Å². The Hall–Kier alpha value is -2.34. The maximum absolute atomic E-state index is 13.7. The van der Waals surface area contributed by atoms with Crippen LogP contribution in [0.3, 0.4) is 0 Å². The Kier molecular flexibility index (Phi) is 6.87. The van der Waals surface area contributed by atoms with Crippen LogP contribution in [0, 0.1) is 5.82 Å². The molecule has 6 heteroatoms. The fourth-order valence-corrected chi connectivity index (χ4v) is 3.80. The molecule has 0 spiro atoms. The van der Waals surface area contributed by atoms with Crippen LogP contribution in [0.1, 0.15) is 32.6 Å². The van der Waals surface area contributed by atoms with Crippen molar-refractivity contribution < 1.29 is 9.18 Å². The molecule has 0 aliphatic rings. The Labute approximate surface area is 163 Å². The number of anilines is 1. The van der Waals surface area contributed by atoms with E-state index in [0.717, 1.165) is 29.2 Å². The molecule has 0 atom stereocenters. The third kappa shape index (κ3) is 5.10. The molecule has 1 N–H and O–H groups in total. The summed E-state index contributed by atoms with van der Waals surface area (Å²) in [6.07, 6.45) is 4.69. The summed E-state index contributed by atoms with van der Waals surface area (Å²) in [6.45, 7) is 3.08. The highest BCUT2D eigenvalue weighted by molar-refractivity contribution is 7.99. The van der Waals surface area contributed by atoms with Gasteiger partial charge in [-0.25, -0.2) is 9.37 Å². The minimum Gasteiger partial charge on any atom is -0.323 e. The summed E-state index contributed by atoms with van der Waals surface area (Å²) >= 11 is 1.39. The zero-order chi connectivity index (χ0) is 19.1. The highest BCUT2D eigenvalue weighted by atomic mass is 32.2. The number of para-hydroxylation sites is 3. The Morgan fingerprint density at radius 1 is 1.11 bits per heavy atom. The molecule has 0 fully saturated rings. The molecule has 3 aromatic rings. The van der Waals surface area contributed by atoms with Crippen LogP contribution in [0.2, 0.25) is 0 Å². The van der Waals surface area contributed by atoms with E-state index in [1.54, 1.807) is 18.2 Å². The number of aryl methyl sites for hydroxylation is 1. The first-order valence-corrected chi connectivity index (χ1v) is 10.3. The monoisotopic (exact) mass is 385 g/mol. The Morgan fingerprint density at radius 2 is 1.89 bits per heavy atom. The van der Waals surface area contributed by atoms with Crippen molar-refractivity contribution >= 4 is 34.4 Å². The lowest BCUT2D eigenvalue weighted by Crippen LogP contribution is -2.15. The lowest BCUT2D eigenvalue weighted by atomic mass is 10.2. The van der Waals surface area contributed by atoms with Crippen molar-refractivity contribution in [2.75, 3.05) is 11.1 Å². The molecule has 0 saturated heterocycles. The third-order valence-corrected chi connectivity index (χ3v) is 5.31. The highest BCUT2D eigenvalue weighted by Gasteiger charge is 2.13. The number of imidazole rings is 1. The summed E-state index contributed by atoms with van der Waals surface area (Å²) in [5.41, 5.74) is 2.23. The number of benzene rings is 2. The lowest BCUT2D eigenvalue weighted by molar-refractivity contribution is -0.113. The molecule has 27 heavy (non-hydrogen) atoms. The summed E-state index contributed by atoms with van der Waals surface area (Å²) in [6, 6.07) is 14.2. The standard InChI is InChI=1S/C21H24FN3OS/c1-2-3-4-9-14-25-19-13-8-7-12-18(19)24-21(25)27-15-20(26)23-17-11-6-5-10-16(17)22/h5-8,10-13H,2-4,9,14-15H2,1H3,(H,23,26). The number of hydrogen-bond donors (Lipinski definition) is 1. The van der Waals surface area contributed by atoms with Crippen molar-refractivity contribution in [3.63, 3.8) is 0 Å². The van der Waals surface area contributed by atoms with Crippen LogP contribution >= 0.6 is 11.8 Å². The van der Waals surface area contributed by atoms with Gasteiger partial charge in [0.15, 0.2) is 5.16 Å². The number of hydrogen-bond acceptors (Lipinski definition) is 3. The van der Waals surface area contributed by atoms with Crippen molar-refractivity contribution in [1.82, 2.24) is 9.55 Å². The van der Waals surface area contributed by atoms with E-state index in [0.29, 0.717) is 0 Å². The number of thioether (sulfide) groups is 1. The molecule has 0 radical (unpaired) electrons. The van der Waals surface area contributed by atoms with E-state index in [-0.39, 0.29) is 17.3 Å². The van der Waals surface area contributed by atoms with E-state index in [9.17, 15) is 9.18 Å². The number of rotatable bonds is 9. The molecule has 0 saturated carbocycles. The van der Waals surface area contributed by atoms with Gasteiger partial charge in [0.1, 0.15) is 5.82 Å². The van der Waals surface area contributed by atoms with Gasteiger partial charge in [0.25, 0.3) is 0 Å². The third-order valence-electron chi connectivity index (χ3n) is 4.34. The number of amides is 1. The van der Waals surface area contributed by atoms with E-state index in [1.807, 2.05) is 18.2 Å². The molecule has 1 aromatic heterocycles. The van der Waals surface area contributed by atoms with Crippen LogP contribution < -0.4 is 5.32 Å².